The van der Waals surface area contributed by atoms with E-state index in [1.54, 1.807) is 52.2 Å². The van der Waals surface area contributed by atoms with Crippen LogP contribution >= 0.6 is 11.3 Å². The van der Waals surface area contributed by atoms with E-state index in [4.69, 9.17) is 9.47 Å². The summed E-state index contributed by atoms with van der Waals surface area (Å²) in [6, 6.07) is 6.71. The predicted octanol–water partition coefficient (Wildman–Crippen LogP) is 1.83. The molecule has 0 aliphatic rings. The lowest BCUT2D eigenvalue weighted by molar-refractivity contribution is -0.147. The van der Waals surface area contributed by atoms with Crippen molar-refractivity contribution in [3.05, 3.63) is 57.0 Å². The second-order valence-corrected chi connectivity index (χ2v) is 8.60. The molecule has 184 valence electrons. The van der Waals surface area contributed by atoms with E-state index in [1.807, 2.05) is 0 Å². The van der Waals surface area contributed by atoms with Gasteiger partial charge in [-0.15, -0.1) is 11.3 Å². The molecule has 1 aromatic carbocycles. The molecule has 0 unspecified atom stereocenters. The standard InChI is InChI=1S/C23H24N4O7S/c1-5-33-23(32)18-13(2)19(22(31)26(3)4)35-20(18)25-16(28)11-34-17(29)10-27-12-24-15-9-7-6-8-14(15)21(27)30/h6-9,12H,5,10-11H2,1-4H3,(H,25,28). The monoisotopic (exact) mass is 500 g/mol. The number of benzene rings is 1. The SMILES string of the molecule is CCOC(=O)c1c(NC(=O)COC(=O)Cn2cnc3ccccc3c2=O)sc(C(=O)N(C)C)c1C. The van der Waals surface area contributed by atoms with E-state index < -0.39 is 36.6 Å². The smallest absolute Gasteiger partial charge is 0.341 e. The van der Waals surface area contributed by atoms with Gasteiger partial charge >= 0.3 is 11.9 Å². The summed E-state index contributed by atoms with van der Waals surface area (Å²) in [5, 5.41) is 2.97. The lowest BCUT2D eigenvalue weighted by Gasteiger charge is -2.09. The van der Waals surface area contributed by atoms with Crippen LogP contribution in [0.15, 0.2) is 35.4 Å². The van der Waals surface area contributed by atoms with Crippen LogP contribution in [0, 0.1) is 6.92 Å². The van der Waals surface area contributed by atoms with Crippen molar-refractivity contribution in [1.29, 1.82) is 0 Å². The summed E-state index contributed by atoms with van der Waals surface area (Å²) in [5.74, 6) is -2.57. The van der Waals surface area contributed by atoms with E-state index in [0.717, 1.165) is 15.9 Å². The van der Waals surface area contributed by atoms with Gasteiger partial charge in [-0.3, -0.25) is 23.7 Å². The molecule has 0 aliphatic carbocycles. The Morgan fingerprint density at radius 1 is 1.14 bits per heavy atom. The first kappa shape index (κ1) is 25.6. The minimum absolute atomic E-state index is 0.0653. The molecule has 1 N–H and O–H groups in total. The van der Waals surface area contributed by atoms with Gasteiger partial charge in [0.15, 0.2) is 6.61 Å². The van der Waals surface area contributed by atoms with E-state index in [2.05, 4.69) is 10.3 Å². The zero-order valence-corrected chi connectivity index (χ0v) is 20.4. The molecule has 3 rings (SSSR count). The van der Waals surface area contributed by atoms with Crippen molar-refractivity contribution < 1.29 is 28.7 Å². The van der Waals surface area contributed by atoms with E-state index in [9.17, 15) is 24.0 Å². The van der Waals surface area contributed by atoms with Crippen LogP contribution in [0.2, 0.25) is 0 Å². The first-order chi connectivity index (χ1) is 16.6. The maximum Gasteiger partial charge on any atom is 0.341 e. The highest BCUT2D eigenvalue weighted by Gasteiger charge is 2.27. The van der Waals surface area contributed by atoms with Crippen LogP contribution in [0.25, 0.3) is 10.9 Å². The van der Waals surface area contributed by atoms with Crippen molar-refractivity contribution >= 4 is 51.0 Å². The first-order valence-corrected chi connectivity index (χ1v) is 11.4. The van der Waals surface area contributed by atoms with Crippen molar-refractivity contribution in [3.63, 3.8) is 0 Å². The Hall–Kier alpha value is -4.06. The molecule has 11 nitrogen and oxygen atoms in total. The van der Waals surface area contributed by atoms with Gasteiger partial charge < -0.3 is 19.7 Å². The van der Waals surface area contributed by atoms with Crippen LogP contribution in [-0.2, 0) is 25.6 Å². The lowest BCUT2D eigenvalue weighted by Crippen LogP contribution is -2.28. The number of carbonyl (C=O) groups excluding carboxylic acids is 4. The molecule has 0 radical (unpaired) electrons. The molecule has 2 aromatic heterocycles. The Labute approximate surface area is 204 Å². The Balaban J connectivity index is 1.70. The molecule has 0 saturated heterocycles. The third-order valence-corrected chi connectivity index (χ3v) is 6.07. The number of hydrogen-bond acceptors (Lipinski definition) is 9. The lowest BCUT2D eigenvalue weighted by atomic mass is 10.1. The topological polar surface area (TPSA) is 137 Å². The molecule has 2 heterocycles. The largest absolute Gasteiger partial charge is 0.462 e. The number of amides is 2. The number of nitrogens with zero attached hydrogens (tertiary/aromatic N) is 3. The quantitative estimate of drug-likeness (QED) is 0.463. The molecule has 3 aromatic rings. The second-order valence-electron chi connectivity index (χ2n) is 7.58. The summed E-state index contributed by atoms with van der Waals surface area (Å²) < 4.78 is 11.1. The molecule has 0 aliphatic heterocycles. The Bertz CT molecular complexity index is 1360. The fraction of sp³-hybridized carbons (Fsp3) is 0.304. The normalized spacial score (nSPS) is 10.6. The molecule has 0 saturated carbocycles. The van der Waals surface area contributed by atoms with Crippen LogP contribution in [-0.4, -0.2) is 65.5 Å². The number of hydrogen-bond donors (Lipinski definition) is 1. The summed E-state index contributed by atoms with van der Waals surface area (Å²) >= 11 is 0.927. The minimum atomic E-state index is -0.823. The number of aromatic nitrogens is 2. The van der Waals surface area contributed by atoms with Crippen LogP contribution in [0.3, 0.4) is 0 Å². The van der Waals surface area contributed by atoms with E-state index in [1.165, 1.54) is 11.2 Å². The Morgan fingerprint density at radius 2 is 1.86 bits per heavy atom. The molecule has 0 spiro atoms. The molecule has 2 amide bonds. The average molecular weight is 501 g/mol. The van der Waals surface area contributed by atoms with Gasteiger partial charge in [0, 0.05) is 14.1 Å². The van der Waals surface area contributed by atoms with Crippen LogP contribution in [0.1, 0.15) is 32.5 Å². The molecule has 12 heteroatoms. The summed E-state index contributed by atoms with van der Waals surface area (Å²) in [6.07, 6.45) is 1.23. The average Bonchev–Trinajstić information content (AvgIpc) is 3.14. The van der Waals surface area contributed by atoms with Crippen LogP contribution in [0.5, 0.6) is 0 Å². The Morgan fingerprint density at radius 3 is 2.54 bits per heavy atom. The van der Waals surface area contributed by atoms with Gasteiger partial charge in [-0.2, -0.15) is 0 Å². The summed E-state index contributed by atoms with van der Waals surface area (Å²) in [6.45, 7) is 2.24. The molecular weight excluding hydrogens is 476 g/mol. The van der Waals surface area contributed by atoms with E-state index >= 15 is 0 Å². The van der Waals surface area contributed by atoms with Gasteiger partial charge in [0.2, 0.25) is 0 Å². The van der Waals surface area contributed by atoms with Gasteiger partial charge in [-0.05, 0) is 31.5 Å². The highest BCUT2D eigenvalue weighted by Crippen LogP contribution is 2.34. The third-order valence-electron chi connectivity index (χ3n) is 4.87. The second kappa shape index (κ2) is 10.9. The number of nitrogens with one attached hydrogen (secondary N) is 1. The molecule has 0 fully saturated rings. The Kier molecular flexibility index (Phi) is 7.97. The van der Waals surface area contributed by atoms with Crippen molar-refractivity contribution in [1.82, 2.24) is 14.5 Å². The third kappa shape index (κ3) is 5.72. The summed E-state index contributed by atoms with van der Waals surface area (Å²) in [4.78, 5) is 67.9. The fourth-order valence-electron chi connectivity index (χ4n) is 3.17. The molecular formula is C23H24N4O7S. The van der Waals surface area contributed by atoms with Gasteiger partial charge in [0.1, 0.15) is 11.5 Å². The number of rotatable bonds is 8. The number of fused-ring (bicyclic) bond motifs is 1. The van der Waals surface area contributed by atoms with Gasteiger partial charge in [-0.1, -0.05) is 12.1 Å². The maximum absolute atomic E-state index is 12.5. The number of ether oxygens (including phenoxy) is 2. The van der Waals surface area contributed by atoms with E-state index in [0.29, 0.717) is 16.5 Å². The summed E-state index contributed by atoms with van der Waals surface area (Å²) in [5.41, 5.74) is 0.527. The number of para-hydroxylation sites is 1. The van der Waals surface area contributed by atoms with Crippen molar-refractivity contribution in [2.24, 2.45) is 0 Å². The number of anilines is 1. The number of carbonyl (C=O) groups is 4. The predicted molar refractivity (Wildman–Crippen MR) is 129 cm³/mol. The summed E-state index contributed by atoms with van der Waals surface area (Å²) in [7, 11) is 3.14. The van der Waals surface area contributed by atoms with Gasteiger partial charge in [-0.25, -0.2) is 9.78 Å². The zero-order chi connectivity index (χ0) is 25.7. The fourth-order valence-corrected chi connectivity index (χ4v) is 4.40. The molecule has 35 heavy (non-hydrogen) atoms. The van der Waals surface area contributed by atoms with Gasteiger partial charge in [0.25, 0.3) is 17.4 Å². The van der Waals surface area contributed by atoms with Gasteiger partial charge in [0.05, 0.1) is 34.3 Å². The zero-order valence-electron chi connectivity index (χ0n) is 19.6. The highest BCUT2D eigenvalue weighted by molar-refractivity contribution is 7.18. The number of esters is 2. The number of thiophene rings is 1. The molecule has 0 atom stereocenters. The van der Waals surface area contributed by atoms with Crippen molar-refractivity contribution in [2.45, 2.75) is 20.4 Å². The van der Waals surface area contributed by atoms with E-state index in [-0.39, 0.29) is 28.0 Å². The highest BCUT2D eigenvalue weighted by atomic mass is 32.1. The van der Waals surface area contributed by atoms with Crippen molar-refractivity contribution in [2.75, 3.05) is 32.6 Å². The van der Waals surface area contributed by atoms with Crippen LogP contribution < -0.4 is 10.9 Å². The minimum Gasteiger partial charge on any atom is -0.462 e. The molecule has 0 bridgehead atoms. The van der Waals surface area contributed by atoms with Crippen molar-refractivity contribution in [3.8, 4) is 0 Å². The first-order valence-electron chi connectivity index (χ1n) is 10.6. The van der Waals surface area contributed by atoms with Crippen LogP contribution in [0.4, 0.5) is 5.00 Å². The maximum atomic E-state index is 12.5.